The van der Waals surface area contributed by atoms with Crippen molar-refractivity contribution < 1.29 is 9.59 Å². The number of anilines is 1. The van der Waals surface area contributed by atoms with Gasteiger partial charge in [-0.25, -0.2) is 0 Å². The van der Waals surface area contributed by atoms with E-state index < -0.39 is 5.91 Å². The SMILES string of the molecule is Cc1ccc(Br)c(C(=O)Nc2sccc2C(N)=O)c1. The van der Waals surface area contributed by atoms with Gasteiger partial charge in [0.15, 0.2) is 0 Å². The monoisotopic (exact) mass is 338 g/mol. The summed E-state index contributed by atoms with van der Waals surface area (Å²) in [5.74, 6) is -0.833. The Morgan fingerprint density at radius 3 is 2.68 bits per heavy atom. The van der Waals surface area contributed by atoms with E-state index in [1.54, 1.807) is 17.5 Å². The van der Waals surface area contributed by atoms with Crippen molar-refractivity contribution in [1.82, 2.24) is 0 Å². The van der Waals surface area contributed by atoms with Gasteiger partial charge in [0.05, 0.1) is 11.1 Å². The molecular formula is C13H11BrN2O2S. The molecule has 0 fully saturated rings. The van der Waals surface area contributed by atoms with Gasteiger partial charge in [0, 0.05) is 4.47 Å². The summed E-state index contributed by atoms with van der Waals surface area (Å²) in [6.07, 6.45) is 0. The smallest absolute Gasteiger partial charge is 0.257 e. The average Bonchev–Trinajstić information content (AvgIpc) is 2.80. The minimum Gasteiger partial charge on any atom is -0.366 e. The third kappa shape index (κ3) is 3.02. The number of amides is 2. The van der Waals surface area contributed by atoms with Gasteiger partial charge < -0.3 is 11.1 Å². The topological polar surface area (TPSA) is 72.2 Å². The lowest BCUT2D eigenvalue weighted by atomic mass is 10.1. The number of hydrogen-bond donors (Lipinski definition) is 2. The van der Waals surface area contributed by atoms with Crippen molar-refractivity contribution >= 4 is 44.1 Å². The van der Waals surface area contributed by atoms with Crippen LogP contribution in [0.4, 0.5) is 5.00 Å². The van der Waals surface area contributed by atoms with Gasteiger partial charge in [0.2, 0.25) is 0 Å². The Morgan fingerprint density at radius 1 is 1.26 bits per heavy atom. The van der Waals surface area contributed by atoms with Crippen LogP contribution in [0, 0.1) is 6.92 Å². The summed E-state index contributed by atoms with van der Waals surface area (Å²) in [6.45, 7) is 1.91. The molecule has 6 heteroatoms. The molecule has 0 aliphatic heterocycles. The van der Waals surface area contributed by atoms with Crippen molar-refractivity contribution in [3.63, 3.8) is 0 Å². The van der Waals surface area contributed by atoms with Crippen LogP contribution in [0.2, 0.25) is 0 Å². The number of benzene rings is 1. The summed E-state index contributed by atoms with van der Waals surface area (Å²) in [5, 5.41) is 4.88. The van der Waals surface area contributed by atoms with Crippen LogP contribution in [0.1, 0.15) is 26.3 Å². The van der Waals surface area contributed by atoms with Gasteiger partial charge in [-0.3, -0.25) is 9.59 Å². The number of aryl methyl sites for hydroxylation is 1. The fraction of sp³-hybridized carbons (Fsp3) is 0.0769. The number of nitrogens with one attached hydrogen (secondary N) is 1. The Balaban J connectivity index is 2.28. The molecule has 1 aromatic heterocycles. The van der Waals surface area contributed by atoms with E-state index >= 15 is 0 Å². The molecule has 2 amide bonds. The summed E-state index contributed by atoms with van der Waals surface area (Å²) >= 11 is 4.60. The van der Waals surface area contributed by atoms with Gasteiger partial charge in [-0.05, 0) is 46.4 Å². The first-order valence-electron chi connectivity index (χ1n) is 5.44. The van der Waals surface area contributed by atoms with Gasteiger partial charge in [-0.1, -0.05) is 11.6 Å². The third-order valence-corrected chi connectivity index (χ3v) is 4.05. The number of halogens is 1. The van der Waals surface area contributed by atoms with Crippen LogP contribution in [0.25, 0.3) is 0 Å². The van der Waals surface area contributed by atoms with Crippen LogP contribution in [0.5, 0.6) is 0 Å². The minimum absolute atomic E-state index is 0.277. The number of thiophene rings is 1. The zero-order valence-electron chi connectivity index (χ0n) is 10.1. The van der Waals surface area contributed by atoms with Crippen LogP contribution < -0.4 is 11.1 Å². The normalized spacial score (nSPS) is 10.2. The largest absolute Gasteiger partial charge is 0.366 e. The summed E-state index contributed by atoms with van der Waals surface area (Å²) in [5.41, 5.74) is 7.05. The molecule has 0 aliphatic carbocycles. The molecule has 0 spiro atoms. The Bertz CT molecular complexity index is 652. The van der Waals surface area contributed by atoms with Gasteiger partial charge in [-0.2, -0.15) is 0 Å². The molecular weight excluding hydrogens is 328 g/mol. The highest BCUT2D eigenvalue weighted by molar-refractivity contribution is 9.10. The predicted molar refractivity (Wildman–Crippen MR) is 79.7 cm³/mol. The summed E-state index contributed by atoms with van der Waals surface area (Å²) in [6, 6.07) is 7.08. The fourth-order valence-corrected chi connectivity index (χ4v) is 2.80. The quantitative estimate of drug-likeness (QED) is 0.902. The second-order valence-corrected chi connectivity index (χ2v) is 5.74. The van der Waals surface area contributed by atoms with Crippen molar-refractivity contribution in [3.05, 3.63) is 50.8 Å². The van der Waals surface area contributed by atoms with Gasteiger partial charge in [0.1, 0.15) is 5.00 Å². The number of carbonyl (C=O) groups is 2. The van der Waals surface area contributed by atoms with Gasteiger partial charge in [-0.15, -0.1) is 11.3 Å². The molecule has 0 saturated heterocycles. The van der Waals surface area contributed by atoms with Crippen molar-refractivity contribution in [2.75, 3.05) is 5.32 Å². The Hall–Kier alpha value is -1.66. The van der Waals surface area contributed by atoms with Gasteiger partial charge >= 0.3 is 0 Å². The molecule has 0 saturated carbocycles. The lowest BCUT2D eigenvalue weighted by molar-refractivity contribution is 0.100. The molecule has 3 N–H and O–H groups in total. The minimum atomic E-state index is -0.556. The molecule has 19 heavy (non-hydrogen) atoms. The van der Waals surface area contributed by atoms with Crippen molar-refractivity contribution in [3.8, 4) is 0 Å². The van der Waals surface area contributed by atoms with E-state index in [0.29, 0.717) is 20.6 Å². The summed E-state index contributed by atoms with van der Waals surface area (Å²) in [4.78, 5) is 23.4. The van der Waals surface area contributed by atoms with Crippen LogP contribution >= 0.6 is 27.3 Å². The molecule has 0 aliphatic rings. The van der Waals surface area contributed by atoms with Crippen molar-refractivity contribution in [2.24, 2.45) is 5.73 Å². The Morgan fingerprint density at radius 2 is 2.00 bits per heavy atom. The van der Waals surface area contributed by atoms with E-state index in [2.05, 4.69) is 21.2 Å². The highest BCUT2D eigenvalue weighted by Crippen LogP contribution is 2.25. The zero-order chi connectivity index (χ0) is 14.0. The predicted octanol–water partition coefficient (Wildman–Crippen LogP) is 3.17. The lowest BCUT2D eigenvalue weighted by Gasteiger charge is -2.07. The number of hydrogen-bond acceptors (Lipinski definition) is 3. The molecule has 0 radical (unpaired) electrons. The molecule has 98 valence electrons. The summed E-state index contributed by atoms with van der Waals surface area (Å²) < 4.78 is 0.702. The summed E-state index contributed by atoms with van der Waals surface area (Å²) in [7, 11) is 0. The Labute approximate surface area is 122 Å². The average molecular weight is 339 g/mol. The highest BCUT2D eigenvalue weighted by Gasteiger charge is 2.15. The molecule has 0 atom stereocenters. The van der Waals surface area contributed by atoms with Crippen LogP contribution in [0.15, 0.2) is 34.1 Å². The maximum atomic E-state index is 12.2. The number of rotatable bonds is 3. The van der Waals surface area contributed by atoms with E-state index in [0.717, 1.165) is 5.56 Å². The first-order valence-corrected chi connectivity index (χ1v) is 7.11. The maximum Gasteiger partial charge on any atom is 0.257 e. The van der Waals surface area contributed by atoms with E-state index in [4.69, 9.17) is 5.73 Å². The maximum absolute atomic E-state index is 12.2. The van der Waals surface area contributed by atoms with Crippen LogP contribution in [-0.2, 0) is 0 Å². The lowest BCUT2D eigenvalue weighted by Crippen LogP contribution is -2.17. The first kappa shape index (κ1) is 13.8. The van der Waals surface area contributed by atoms with E-state index in [-0.39, 0.29) is 5.91 Å². The molecule has 2 aromatic rings. The number of nitrogens with two attached hydrogens (primary N) is 1. The van der Waals surface area contributed by atoms with Crippen LogP contribution in [0.3, 0.4) is 0 Å². The molecule has 0 unspecified atom stereocenters. The number of carbonyl (C=O) groups excluding carboxylic acids is 2. The van der Waals surface area contributed by atoms with Crippen molar-refractivity contribution in [2.45, 2.75) is 6.92 Å². The second kappa shape index (κ2) is 5.54. The second-order valence-electron chi connectivity index (χ2n) is 3.97. The van der Waals surface area contributed by atoms with E-state index in [1.165, 1.54) is 11.3 Å². The molecule has 4 nitrogen and oxygen atoms in total. The first-order chi connectivity index (χ1) is 8.99. The molecule has 2 rings (SSSR count). The zero-order valence-corrected chi connectivity index (χ0v) is 12.5. The van der Waals surface area contributed by atoms with E-state index in [9.17, 15) is 9.59 Å². The van der Waals surface area contributed by atoms with E-state index in [1.807, 2.05) is 19.1 Å². The molecule has 1 aromatic carbocycles. The third-order valence-electron chi connectivity index (χ3n) is 2.52. The fourth-order valence-electron chi connectivity index (χ4n) is 1.58. The Kier molecular flexibility index (Phi) is 4.01. The standard InChI is InChI=1S/C13H11BrN2O2S/c1-7-2-3-10(14)9(6-7)12(18)16-13-8(11(15)17)4-5-19-13/h2-6H,1H3,(H2,15,17)(H,16,18). The van der Waals surface area contributed by atoms with Crippen molar-refractivity contribution in [1.29, 1.82) is 0 Å². The van der Waals surface area contributed by atoms with Crippen LogP contribution in [-0.4, -0.2) is 11.8 Å². The molecule has 1 heterocycles. The highest BCUT2D eigenvalue weighted by atomic mass is 79.9. The van der Waals surface area contributed by atoms with Gasteiger partial charge in [0.25, 0.3) is 11.8 Å². The number of primary amides is 1. The molecule has 0 bridgehead atoms.